The fourth-order valence-electron chi connectivity index (χ4n) is 4.27. The summed E-state index contributed by atoms with van der Waals surface area (Å²) in [5.41, 5.74) is 9.05. The average Bonchev–Trinajstić information content (AvgIpc) is 3.07. The van der Waals surface area contributed by atoms with Crippen LogP contribution in [0.2, 0.25) is 0 Å². The van der Waals surface area contributed by atoms with Gasteiger partial charge in [0.15, 0.2) is 28.5 Å². The number of hydrogen-bond acceptors (Lipinski definition) is 8. The second-order valence-electron chi connectivity index (χ2n) is 8.97. The molecule has 4 heterocycles. The molecule has 2 aromatic heterocycles. The maximum absolute atomic E-state index is 14.0. The van der Waals surface area contributed by atoms with Gasteiger partial charge in [-0.2, -0.15) is 14.4 Å². The largest absolute Gasteiger partial charge is 0.486 e. The second kappa shape index (κ2) is 9.01. The molecule has 2 aliphatic rings. The number of nitrogens with zero attached hydrogens (tertiary/aromatic N) is 5. The van der Waals surface area contributed by atoms with Gasteiger partial charge < -0.3 is 30.0 Å². The van der Waals surface area contributed by atoms with E-state index in [0.717, 1.165) is 48.2 Å². The van der Waals surface area contributed by atoms with Crippen LogP contribution in [0.4, 0.5) is 15.9 Å². The van der Waals surface area contributed by atoms with Crippen molar-refractivity contribution in [2.24, 2.45) is 5.92 Å². The van der Waals surface area contributed by atoms with Crippen molar-refractivity contribution >= 4 is 22.7 Å². The lowest BCUT2D eigenvalue weighted by Crippen LogP contribution is -2.37. The molecule has 0 bridgehead atoms. The highest BCUT2D eigenvalue weighted by Gasteiger charge is 2.25. The van der Waals surface area contributed by atoms with Crippen LogP contribution < -0.4 is 25.4 Å². The third-order valence-corrected chi connectivity index (χ3v) is 6.03. The quantitative estimate of drug-likeness (QED) is 0.394. The Morgan fingerprint density at radius 3 is 2.58 bits per heavy atom. The predicted octanol–water partition coefficient (Wildman–Crippen LogP) is 2.37. The summed E-state index contributed by atoms with van der Waals surface area (Å²) in [7, 11) is 0. The number of aromatic nitrogens is 4. The first-order valence-corrected chi connectivity index (χ1v) is 11.6. The number of nitrogens with two attached hydrogens (primary N) is 1. The summed E-state index contributed by atoms with van der Waals surface area (Å²) in [6.45, 7) is 9.61. The molecule has 0 unspecified atom stereocenters. The molecule has 0 spiro atoms. The van der Waals surface area contributed by atoms with E-state index in [4.69, 9.17) is 20.2 Å². The molecule has 0 atom stereocenters. The van der Waals surface area contributed by atoms with Crippen LogP contribution in [0.1, 0.15) is 31.7 Å². The molecular formula is C23H30FN7O2. The maximum atomic E-state index is 14.0. The summed E-state index contributed by atoms with van der Waals surface area (Å²) in [4.78, 5) is 14.8. The normalized spacial score (nSPS) is 15.3. The van der Waals surface area contributed by atoms with Crippen molar-refractivity contribution in [1.29, 1.82) is 0 Å². The van der Waals surface area contributed by atoms with Crippen molar-refractivity contribution in [3.8, 4) is 11.5 Å². The Labute approximate surface area is 192 Å². The molecule has 0 amide bonds. The molecule has 3 N–H and O–H groups in total. The van der Waals surface area contributed by atoms with Crippen LogP contribution in [0.25, 0.3) is 11.2 Å². The van der Waals surface area contributed by atoms with Crippen molar-refractivity contribution in [1.82, 2.24) is 24.8 Å². The molecule has 5 rings (SSSR count). The van der Waals surface area contributed by atoms with E-state index in [1.54, 1.807) is 0 Å². The minimum atomic E-state index is -0.844. The average molecular weight is 456 g/mol. The van der Waals surface area contributed by atoms with E-state index >= 15 is 0 Å². The van der Waals surface area contributed by atoms with E-state index in [1.807, 2.05) is 10.6 Å². The Hall–Kier alpha value is -3.14. The van der Waals surface area contributed by atoms with Crippen LogP contribution in [0.3, 0.4) is 0 Å². The van der Waals surface area contributed by atoms with E-state index < -0.39 is 6.08 Å². The van der Waals surface area contributed by atoms with Gasteiger partial charge in [0.25, 0.3) is 0 Å². The van der Waals surface area contributed by atoms with E-state index in [9.17, 15) is 4.39 Å². The summed E-state index contributed by atoms with van der Waals surface area (Å²) < 4.78 is 27.6. The van der Waals surface area contributed by atoms with Crippen molar-refractivity contribution in [3.63, 3.8) is 0 Å². The number of nitrogens with one attached hydrogen (secondary N) is 1. The van der Waals surface area contributed by atoms with Gasteiger partial charge in [0.1, 0.15) is 19.0 Å². The maximum Gasteiger partial charge on any atom is 0.312 e. The molecule has 1 fully saturated rings. The third-order valence-electron chi connectivity index (χ3n) is 6.03. The molecule has 176 valence electrons. The van der Waals surface area contributed by atoms with E-state index in [1.165, 1.54) is 6.42 Å². The topological polar surface area (TPSA) is 103 Å². The second-order valence-corrected chi connectivity index (χ2v) is 8.97. The van der Waals surface area contributed by atoms with Crippen molar-refractivity contribution in [2.45, 2.75) is 33.2 Å². The van der Waals surface area contributed by atoms with Crippen molar-refractivity contribution in [2.75, 3.05) is 50.0 Å². The Kier molecular flexibility index (Phi) is 5.92. The fraction of sp³-hybridized carbons (Fsp3) is 0.522. The highest BCUT2D eigenvalue weighted by Crippen LogP contribution is 2.39. The highest BCUT2D eigenvalue weighted by atomic mass is 19.1. The van der Waals surface area contributed by atoms with Crippen LogP contribution in [0.15, 0.2) is 12.1 Å². The SMILES string of the molecule is CC(C)CNCCn1c(Cc2cc3c(cc2N2CCC2)OCCO3)nc2c(N)nc(F)nc21. The number of nitrogen functional groups attached to an aromatic ring is 1. The van der Waals surface area contributed by atoms with Gasteiger partial charge in [-0.25, -0.2) is 4.98 Å². The summed E-state index contributed by atoms with van der Waals surface area (Å²) in [5.74, 6) is 2.87. The first-order valence-electron chi connectivity index (χ1n) is 11.6. The number of halogens is 1. The summed E-state index contributed by atoms with van der Waals surface area (Å²) in [5, 5.41) is 3.44. The molecule has 2 aliphatic heterocycles. The lowest BCUT2D eigenvalue weighted by molar-refractivity contribution is 0.171. The molecule has 9 nitrogen and oxygen atoms in total. The summed E-state index contributed by atoms with van der Waals surface area (Å²) in [6, 6.07) is 4.10. The van der Waals surface area contributed by atoms with Crippen LogP contribution in [0, 0.1) is 12.0 Å². The van der Waals surface area contributed by atoms with Crippen LogP contribution in [-0.2, 0) is 13.0 Å². The van der Waals surface area contributed by atoms with Gasteiger partial charge in [-0.3, -0.25) is 0 Å². The molecule has 0 radical (unpaired) electrons. The highest BCUT2D eigenvalue weighted by molar-refractivity contribution is 5.82. The molecule has 0 saturated carbocycles. The third kappa shape index (κ3) is 4.39. The van der Waals surface area contributed by atoms with Gasteiger partial charge >= 0.3 is 6.08 Å². The lowest BCUT2D eigenvalue weighted by Gasteiger charge is -2.35. The molecular weight excluding hydrogens is 425 g/mol. The Bertz CT molecular complexity index is 1160. The molecule has 33 heavy (non-hydrogen) atoms. The van der Waals surface area contributed by atoms with E-state index in [2.05, 4.69) is 40.1 Å². The molecule has 0 aliphatic carbocycles. The number of rotatable bonds is 8. The van der Waals surface area contributed by atoms with Gasteiger partial charge in [0.05, 0.1) is 0 Å². The van der Waals surface area contributed by atoms with Gasteiger partial charge in [0, 0.05) is 44.4 Å². The monoisotopic (exact) mass is 455 g/mol. The Morgan fingerprint density at radius 1 is 1.12 bits per heavy atom. The predicted molar refractivity (Wildman–Crippen MR) is 124 cm³/mol. The first-order chi connectivity index (χ1) is 16.0. The van der Waals surface area contributed by atoms with Gasteiger partial charge in [-0.15, -0.1) is 0 Å². The summed E-state index contributed by atoms with van der Waals surface area (Å²) in [6.07, 6.45) is 0.854. The van der Waals surface area contributed by atoms with Crippen LogP contribution in [-0.4, -0.2) is 58.9 Å². The van der Waals surface area contributed by atoms with Crippen molar-refractivity contribution in [3.05, 3.63) is 29.6 Å². The minimum Gasteiger partial charge on any atom is -0.486 e. The van der Waals surface area contributed by atoms with Gasteiger partial charge in [-0.05, 0) is 30.5 Å². The molecule has 1 aromatic carbocycles. The van der Waals surface area contributed by atoms with Gasteiger partial charge in [-0.1, -0.05) is 13.8 Å². The minimum absolute atomic E-state index is 0.0535. The standard InChI is InChI=1S/C23H30FN7O2/c1-14(2)13-26-4-7-31-19(27-20-21(25)28-23(24)29-22(20)31)11-15-10-17-18(33-9-8-32-17)12-16(15)30-5-3-6-30/h10,12,14,26H,3-9,11,13H2,1-2H3,(H2,25,28,29). The number of imidazole rings is 1. The summed E-state index contributed by atoms with van der Waals surface area (Å²) >= 11 is 0. The molecule has 3 aromatic rings. The number of anilines is 2. The van der Waals surface area contributed by atoms with Gasteiger partial charge in [0.2, 0.25) is 0 Å². The smallest absolute Gasteiger partial charge is 0.312 e. The van der Waals surface area contributed by atoms with E-state index in [0.29, 0.717) is 49.8 Å². The lowest BCUT2D eigenvalue weighted by atomic mass is 10.0. The fourth-order valence-corrected chi connectivity index (χ4v) is 4.27. The Balaban J connectivity index is 1.53. The van der Waals surface area contributed by atoms with Crippen molar-refractivity contribution < 1.29 is 13.9 Å². The zero-order chi connectivity index (χ0) is 22.9. The molecule has 1 saturated heterocycles. The van der Waals surface area contributed by atoms with Crippen LogP contribution >= 0.6 is 0 Å². The van der Waals surface area contributed by atoms with Crippen LogP contribution in [0.5, 0.6) is 11.5 Å². The number of benzene rings is 1. The first kappa shape index (κ1) is 21.7. The number of hydrogen-bond donors (Lipinski definition) is 2. The molecule has 10 heteroatoms. The Morgan fingerprint density at radius 2 is 1.88 bits per heavy atom. The zero-order valence-corrected chi connectivity index (χ0v) is 19.1. The number of ether oxygens (including phenoxy) is 2. The van der Waals surface area contributed by atoms with E-state index in [-0.39, 0.29) is 5.82 Å². The zero-order valence-electron chi connectivity index (χ0n) is 19.1. The number of fused-ring (bicyclic) bond motifs is 2.